The molecule has 0 saturated heterocycles. The van der Waals surface area contributed by atoms with Gasteiger partial charge in [0.25, 0.3) is 0 Å². The van der Waals surface area contributed by atoms with E-state index in [0.717, 1.165) is 21.2 Å². The van der Waals surface area contributed by atoms with E-state index < -0.39 is 0 Å². The third-order valence-corrected chi connectivity index (χ3v) is 2.68. The molecule has 0 aliphatic heterocycles. The zero-order valence-corrected chi connectivity index (χ0v) is 10.2. The molecule has 0 fully saturated rings. The normalized spacial score (nSPS) is 10.9. The highest BCUT2D eigenvalue weighted by atomic mass is 79.9. The number of benzene rings is 1. The lowest BCUT2D eigenvalue weighted by atomic mass is 10.2. The van der Waals surface area contributed by atoms with Crippen LogP contribution in [0.3, 0.4) is 0 Å². The number of nitrogens with zero attached hydrogens (tertiary/aromatic N) is 2. The van der Waals surface area contributed by atoms with Crippen LogP contribution in [-0.2, 0) is 0 Å². The van der Waals surface area contributed by atoms with E-state index >= 15 is 0 Å². The summed E-state index contributed by atoms with van der Waals surface area (Å²) in [7, 11) is 0. The lowest BCUT2D eigenvalue weighted by molar-refractivity contribution is 0.890. The van der Waals surface area contributed by atoms with Gasteiger partial charge in [0.05, 0.1) is 5.52 Å². The van der Waals surface area contributed by atoms with Crippen LogP contribution in [0.1, 0.15) is 13.8 Å². The van der Waals surface area contributed by atoms with Crippen LogP contribution < -0.4 is 5.32 Å². The van der Waals surface area contributed by atoms with Gasteiger partial charge in [0.2, 0.25) is 0 Å². The molecule has 2 rings (SSSR count). The van der Waals surface area contributed by atoms with Crippen LogP contribution in [0.4, 0.5) is 5.82 Å². The summed E-state index contributed by atoms with van der Waals surface area (Å²) < 4.78 is 0.995. The second kappa shape index (κ2) is 4.14. The second-order valence-electron chi connectivity index (χ2n) is 3.66. The third-order valence-electron chi connectivity index (χ3n) is 2.04. The van der Waals surface area contributed by atoms with Crippen molar-refractivity contribution in [2.24, 2.45) is 0 Å². The molecule has 1 N–H and O–H groups in total. The molecule has 1 aromatic carbocycles. The number of anilines is 1. The van der Waals surface area contributed by atoms with Gasteiger partial charge in [-0.05, 0) is 41.9 Å². The van der Waals surface area contributed by atoms with E-state index in [2.05, 4.69) is 45.1 Å². The maximum atomic E-state index is 4.25. The van der Waals surface area contributed by atoms with E-state index in [1.807, 2.05) is 18.2 Å². The highest BCUT2D eigenvalue weighted by Crippen LogP contribution is 2.25. The molecule has 3 nitrogen and oxygen atoms in total. The molecule has 2 aromatic rings. The fourth-order valence-electron chi connectivity index (χ4n) is 1.44. The summed E-state index contributed by atoms with van der Waals surface area (Å²) >= 11 is 3.48. The molecule has 0 unspecified atom stereocenters. The van der Waals surface area contributed by atoms with Crippen LogP contribution in [0.25, 0.3) is 10.9 Å². The maximum absolute atomic E-state index is 4.25. The SMILES string of the molecule is CC(C)Nc1ncnc2c(Br)cccc12. The summed E-state index contributed by atoms with van der Waals surface area (Å²) in [5, 5.41) is 4.35. The lowest BCUT2D eigenvalue weighted by Gasteiger charge is -2.11. The van der Waals surface area contributed by atoms with Crippen LogP contribution in [0.5, 0.6) is 0 Å². The Morgan fingerprint density at radius 1 is 1.27 bits per heavy atom. The summed E-state index contributed by atoms with van der Waals surface area (Å²) in [6.07, 6.45) is 1.58. The molecule has 15 heavy (non-hydrogen) atoms. The number of nitrogens with one attached hydrogen (secondary N) is 1. The Kier molecular flexibility index (Phi) is 2.86. The Morgan fingerprint density at radius 3 is 2.80 bits per heavy atom. The van der Waals surface area contributed by atoms with Crippen LogP contribution in [-0.4, -0.2) is 16.0 Å². The summed E-state index contributed by atoms with van der Waals surface area (Å²) in [6.45, 7) is 4.18. The number of hydrogen-bond donors (Lipinski definition) is 1. The lowest BCUT2D eigenvalue weighted by Crippen LogP contribution is -2.11. The quantitative estimate of drug-likeness (QED) is 0.906. The number of halogens is 1. The zero-order valence-electron chi connectivity index (χ0n) is 8.66. The Morgan fingerprint density at radius 2 is 2.07 bits per heavy atom. The third kappa shape index (κ3) is 2.09. The van der Waals surface area contributed by atoms with Gasteiger partial charge in [-0.15, -0.1) is 0 Å². The number of rotatable bonds is 2. The van der Waals surface area contributed by atoms with Gasteiger partial charge in [0.15, 0.2) is 0 Å². The fourth-order valence-corrected chi connectivity index (χ4v) is 1.91. The standard InChI is InChI=1S/C11H12BrN3/c1-7(2)15-11-8-4-3-5-9(12)10(8)13-6-14-11/h3-7H,1-2H3,(H,13,14,15). The van der Waals surface area contributed by atoms with Crippen molar-refractivity contribution in [3.63, 3.8) is 0 Å². The minimum atomic E-state index is 0.363. The average Bonchev–Trinajstić information content (AvgIpc) is 2.19. The van der Waals surface area contributed by atoms with Crippen molar-refractivity contribution < 1.29 is 0 Å². The van der Waals surface area contributed by atoms with Gasteiger partial charge in [0, 0.05) is 15.9 Å². The smallest absolute Gasteiger partial charge is 0.137 e. The molecular weight excluding hydrogens is 254 g/mol. The van der Waals surface area contributed by atoms with Crippen LogP contribution in [0.15, 0.2) is 29.0 Å². The van der Waals surface area contributed by atoms with Crippen LogP contribution in [0.2, 0.25) is 0 Å². The van der Waals surface area contributed by atoms with Gasteiger partial charge in [-0.3, -0.25) is 0 Å². The Balaban J connectivity index is 2.61. The number of fused-ring (bicyclic) bond motifs is 1. The van der Waals surface area contributed by atoms with E-state index in [0.29, 0.717) is 6.04 Å². The molecule has 0 radical (unpaired) electrons. The van der Waals surface area contributed by atoms with E-state index in [1.54, 1.807) is 6.33 Å². The van der Waals surface area contributed by atoms with Gasteiger partial charge in [-0.1, -0.05) is 6.07 Å². The van der Waals surface area contributed by atoms with Crippen molar-refractivity contribution in [3.05, 3.63) is 29.0 Å². The summed E-state index contributed by atoms with van der Waals surface area (Å²) in [6, 6.07) is 6.35. The first-order valence-corrected chi connectivity index (χ1v) is 5.63. The first kappa shape index (κ1) is 10.4. The zero-order chi connectivity index (χ0) is 10.8. The van der Waals surface area contributed by atoms with Gasteiger partial charge in [0.1, 0.15) is 12.1 Å². The van der Waals surface area contributed by atoms with Crippen molar-refractivity contribution >= 4 is 32.7 Å². The molecule has 4 heteroatoms. The van der Waals surface area contributed by atoms with E-state index in [-0.39, 0.29) is 0 Å². The van der Waals surface area contributed by atoms with Crippen LogP contribution in [0, 0.1) is 0 Å². The minimum absolute atomic E-state index is 0.363. The molecule has 1 aromatic heterocycles. The summed E-state index contributed by atoms with van der Waals surface area (Å²) in [5.74, 6) is 0.885. The number of para-hydroxylation sites is 1. The topological polar surface area (TPSA) is 37.8 Å². The van der Waals surface area contributed by atoms with Crippen molar-refractivity contribution in [1.29, 1.82) is 0 Å². The van der Waals surface area contributed by atoms with Gasteiger partial charge < -0.3 is 5.32 Å². The highest BCUT2D eigenvalue weighted by molar-refractivity contribution is 9.10. The molecule has 0 spiro atoms. The average molecular weight is 266 g/mol. The molecule has 0 atom stereocenters. The van der Waals surface area contributed by atoms with E-state index in [1.165, 1.54) is 0 Å². The minimum Gasteiger partial charge on any atom is -0.367 e. The number of aromatic nitrogens is 2. The Bertz CT molecular complexity index is 482. The first-order valence-electron chi connectivity index (χ1n) is 4.84. The second-order valence-corrected chi connectivity index (χ2v) is 4.51. The van der Waals surface area contributed by atoms with Crippen molar-refractivity contribution in [2.45, 2.75) is 19.9 Å². The molecule has 0 saturated carbocycles. The van der Waals surface area contributed by atoms with Gasteiger partial charge >= 0.3 is 0 Å². The van der Waals surface area contributed by atoms with Crippen molar-refractivity contribution in [3.8, 4) is 0 Å². The Hall–Kier alpha value is -1.16. The number of hydrogen-bond acceptors (Lipinski definition) is 3. The maximum Gasteiger partial charge on any atom is 0.137 e. The molecule has 0 aliphatic carbocycles. The van der Waals surface area contributed by atoms with E-state index in [9.17, 15) is 0 Å². The monoisotopic (exact) mass is 265 g/mol. The van der Waals surface area contributed by atoms with E-state index in [4.69, 9.17) is 0 Å². The molecule has 1 heterocycles. The summed E-state index contributed by atoms with van der Waals surface area (Å²) in [5.41, 5.74) is 0.940. The predicted molar refractivity (Wildman–Crippen MR) is 66.0 cm³/mol. The fraction of sp³-hybridized carbons (Fsp3) is 0.273. The van der Waals surface area contributed by atoms with Crippen LogP contribution >= 0.6 is 15.9 Å². The van der Waals surface area contributed by atoms with Gasteiger partial charge in [-0.2, -0.15) is 0 Å². The largest absolute Gasteiger partial charge is 0.367 e. The molecule has 0 aliphatic rings. The molecular formula is C11H12BrN3. The molecule has 0 amide bonds. The summed E-state index contributed by atoms with van der Waals surface area (Å²) in [4.78, 5) is 8.50. The predicted octanol–water partition coefficient (Wildman–Crippen LogP) is 3.21. The first-order chi connectivity index (χ1) is 7.18. The van der Waals surface area contributed by atoms with Crippen molar-refractivity contribution in [1.82, 2.24) is 9.97 Å². The van der Waals surface area contributed by atoms with Gasteiger partial charge in [-0.25, -0.2) is 9.97 Å². The van der Waals surface area contributed by atoms with Crippen molar-refractivity contribution in [2.75, 3.05) is 5.32 Å². The Labute approximate surface area is 97.1 Å². The highest BCUT2D eigenvalue weighted by Gasteiger charge is 2.06. The molecule has 0 bridgehead atoms. The molecule has 78 valence electrons.